The monoisotopic (exact) mass is 466 g/mol. The van der Waals surface area contributed by atoms with Gasteiger partial charge in [-0.15, -0.1) is 24.0 Å². The summed E-state index contributed by atoms with van der Waals surface area (Å²) in [6.45, 7) is 9.46. The van der Waals surface area contributed by atoms with Crippen molar-refractivity contribution in [3.63, 3.8) is 0 Å². The molecule has 2 saturated heterocycles. The molecule has 0 radical (unpaired) electrons. The molecule has 0 aliphatic carbocycles. The fourth-order valence-corrected chi connectivity index (χ4v) is 3.76. The van der Waals surface area contributed by atoms with E-state index in [1.165, 1.54) is 25.8 Å². The van der Waals surface area contributed by atoms with Crippen molar-refractivity contribution in [1.82, 2.24) is 15.1 Å². The zero-order valence-corrected chi connectivity index (χ0v) is 18.3. The smallest absolute Gasteiger partial charge is 0.310 e. The zero-order chi connectivity index (χ0) is 17.4. The number of hydrogen-bond donors (Lipinski definition) is 1. The Morgan fingerprint density at radius 3 is 2.72 bits per heavy atom. The molecule has 2 aliphatic heterocycles. The highest BCUT2D eigenvalue weighted by atomic mass is 127. The van der Waals surface area contributed by atoms with Crippen molar-refractivity contribution in [2.24, 2.45) is 10.9 Å². The molecule has 0 bridgehead atoms. The SMILES string of the molecule is CCOC(=O)C1CCCN(C(=NC)NCCN2CCCCC2C)C1.I. The Balaban J connectivity index is 0.00000312. The number of halogens is 1. The number of esters is 1. The van der Waals surface area contributed by atoms with E-state index in [-0.39, 0.29) is 35.9 Å². The van der Waals surface area contributed by atoms with Gasteiger partial charge in [0, 0.05) is 39.3 Å². The molecule has 6 nitrogen and oxygen atoms in total. The van der Waals surface area contributed by atoms with Crippen LogP contribution >= 0.6 is 24.0 Å². The summed E-state index contributed by atoms with van der Waals surface area (Å²) in [5, 5.41) is 3.48. The molecule has 0 saturated carbocycles. The summed E-state index contributed by atoms with van der Waals surface area (Å²) in [4.78, 5) is 21.2. The minimum Gasteiger partial charge on any atom is -0.466 e. The Morgan fingerprint density at radius 2 is 2.04 bits per heavy atom. The molecule has 146 valence electrons. The molecular formula is C18H35IN4O2. The predicted octanol–water partition coefficient (Wildman–Crippen LogP) is 2.33. The molecule has 2 heterocycles. The first kappa shape index (κ1) is 22.5. The van der Waals surface area contributed by atoms with Crippen LogP contribution in [0.15, 0.2) is 4.99 Å². The van der Waals surface area contributed by atoms with Crippen molar-refractivity contribution in [1.29, 1.82) is 0 Å². The first-order chi connectivity index (χ1) is 11.7. The van der Waals surface area contributed by atoms with Gasteiger partial charge < -0.3 is 15.0 Å². The van der Waals surface area contributed by atoms with Gasteiger partial charge in [-0.2, -0.15) is 0 Å². The number of nitrogens with one attached hydrogen (secondary N) is 1. The molecule has 2 rings (SSSR count). The highest BCUT2D eigenvalue weighted by molar-refractivity contribution is 14.0. The Hall–Kier alpha value is -0.570. The number of aliphatic imine (C=N–C) groups is 1. The van der Waals surface area contributed by atoms with E-state index in [0.717, 1.165) is 38.4 Å². The van der Waals surface area contributed by atoms with Crippen molar-refractivity contribution >= 4 is 35.9 Å². The fraction of sp³-hybridized carbons (Fsp3) is 0.889. The van der Waals surface area contributed by atoms with Crippen LogP contribution < -0.4 is 5.32 Å². The Kier molecular flexibility index (Phi) is 10.7. The molecule has 1 N–H and O–H groups in total. The first-order valence-electron chi connectivity index (χ1n) is 9.52. The van der Waals surface area contributed by atoms with Gasteiger partial charge >= 0.3 is 5.97 Å². The van der Waals surface area contributed by atoms with Crippen LogP contribution in [0.4, 0.5) is 0 Å². The maximum Gasteiger partial charge on any atom is 0.310 e. The van der Waals surface area contributed by atoms with Crippen LogP contribution in [-0.2, 0) is 9.53 Å². The number of carbonyl (C=O) groups excluding carboxylic acids is 1. The second-order valence-electron chi connectivity index (χ2n) is 6.89. The summed E-state index contributed by atoms with van der Waals surface area (Å²) in [6, 6.07) is 0.686. The van der Waals surface area contributed by atoms with Crippen LogP contribution in [0.3, 0.4) is 0 Å². The van der Waals surface area contributed by atoms with Crippen LogP contribution in [0.25, 0.3) is 0 Å². The van der Waals surface area contributed by atoms with Crippen LogP contribution in [-0.4, -0.2) is 74.1 Å². The first-order valence-corrected chi connectivity index (χ1v) is 9.52. The largest absolute Gasteiger partial charge is 0.466 e. The summed E-state index contributed by atoms with van der Waals surface area (Å²) in [6.07, 6.45) is 5.90. The summed E-state index contributed by atoms with van der Waals surface area (Å²) in [7, 11) is 1.82. The maximum atomic E-state index is 12.0. The van der Waals surface area contributed by atoms with Crippen molar-refractivity contribution in [3.05, 3.63) is 0 Å². The Labute approximate surface area is 169 Å². The quantitative estimate of drug-likeness (QED) is 0.292. The van der Waals surface area contributed by atoms with E-state index in [4.69, 9.17) is 4.74 Å². The van der Waals surface area contributed by atoms with Gasteiger partial charge in [0.25, 0.3) is 0 Å². The number of carbonyl (C=O) groups is 1. The van der Waals surface area contributed by atoms with Crippen LogP contribution in [0.5, 0.6) is 0 Å². The maximum absolute atomic E-state index is 12.0. The number of likely N-dealkylation sites (tertiary alicyclic amines) is 2. The van der Waals surface area contributed by atoms with E-state index < -0.39 is 0 Å². The van der Waals surface area contributed by atoms with Gasteiger partial charge in [0.15, 0.2) is 5.96 Å². The lowest BCUT2D eigenvalue weighted by atomic mass is 9.98. The van der Waals surface area contributed by atoms with E-state index in [2.05, 4.69) is 27.0 Å². The molecule has 2 atom stereocenters. The second kappa shape index (κ2) is 11.9. The molecule has 2 unspecified atom stereocenters. The van der Waals surface area contributed by atoms with Gasteiger partial charge in [-0.3, -0.25) is 14.7 Å². The minimum absolute atomic E-state index is 0. The Bertz CT molecular complexity index is 433. The molecule has 0 spiro atoms. The predicted molar refractivity (Wildman–Crippen MR) is 113 cm³/mol. The third-order valence-corrected chi connectivity index (χ3v) is 5.18. The lowest BCUT2D eigenvalue weighted by Gasteiger charge is -2.35. The van der Waals surface area contributed by atoms with Gasteiger partial charge in [0.05, 0.1) is 12.5 Å². The highest BCUT2D eigenvalue weighted by Gasteiger charge is 2.28. The molecule has 0 amide bonds. The summed E-state index contributed by atoms with van der Waals surface area (Å²) in [5.74, 6) is 0.813. The van der Waals surface area contributed by atoms with Gasteiger partial charge in [-0.25, -0.2) is 0 Å². The number of rotatable bonds is 5. The zero-order valence-electron chi connectivity index (χ0n) is 16.0. The van der Waals surface area contributed by atoms with Crippen molar-refractivity contribution in [3.8, 4) is 0 Å². The van der Waals surface area contributed by atoms with E-state index in [9.17, 15) is 4.79 Å². The van der Waals surface area contributed by atoms with Gasteiger partial charge in [0.1, 0.15) is 0 Å². The van der Waals surface area contributed by atoms with Gasteiger partial charge in [0.2, 0.25) is 0 Å². The van der Waals surface area contributed by atoms with Crippen LogP contribution in [0.2, 0.25) is 0 Å². The minimum atomic E-state index is -0.0696. The highest BCUT2D eigenvalue weighted by Crippen LogP contribution is 2.18. The van der Waals surface area contributed by atoms with Crippen LogP contribution in [0.1, 0.15) is 46.0 Å². The van der Waals surface area contributed by atoms with E-state index >= 15 is 0 Å². The molecule has 2 fully saturated rings. The normalized spacial score (nSPS) is 25.2. The van der Waals surface area contributed by atoms with Gasteiger partial charge in [-0.05, 0) is 46.1 Å². The number of nitrogens with zero attached hydrogens (tertiary/aromatic N) is 3. The average Bonchev–Trinajstić information content (AvgIpc) is 2.60. The number of hydrogen-bond acceptors (Lipinski definition) is 4. The third-order valence-electron chi connectivity index (χ3n) is 5.18. The number of piperidine rings is 2. The molecule has 25 heavy (non-hydrogen) atoms. The van der Waals surface area contributed by atoms with Crippen molar-refractivity contribution < 1.29 is 9.53 Å². The number of guanidine groups is 1. The summed E-state index contributed by atoms with van der Waals surface area (Å²) >= 11 is 0. The molecule has 0 aromatic carbocycles. The third kappa shape index (κ3) is 6.92. The van der Waals surface area contributed by atoms with Gasteiger partial charge in [-0.1, -0.05) is 6.42 Å². The second-order valence-corrected chi connectivity index (χ2v) is 6.89. The summed E-state index contributed by atoms with van der Waals surface area (Å²) < 4.78 is 5.18. The van der Waals surface area contributed by atoms with E-state index in [0.29, 0.717) is 19.2 Å². The topological polar surface area (TPSA) is 57.2 Å². The van der Waals surface area contributed by atoms with Crippen molar-refractivity contribution in [2.45, 2.75) is 52.0 Å². The van der Waals surface area contributed by atoms with Crippen molar-refractivity contribution in [2.75, 3.05) is 46.4 Å². The molecule has 2 aliphatic rings. The van der Waals surface area contributed by atoms with Crippen LogP contribution in [0, 0.1) is 5.92 Å². The van der Waals surface area contributed by atoms with E-state index in [1.807, 2.05) is 14.0 Å². The van der Waals surface area contributed by atoms with E-state index in [1.54, 1.807) is 0 Å². The molecule has 7 heteroatoms. The lowest BCUT2D eigenvalue weighted by molar-refractivity contribution is -0.149. The molecule has 0 aromatic heterocycles. The standard InChI is InChI=1S/C18H34N4O2.HI/c1-4-24-17(23)16-9-7-12-22(14-16)18(19-3)20-10-13-21-11-6-5-8-15(21)2;/h15-16H,4-14H2,1-3H3,(H,19,20);1H. The molecule has 0 aromatic rings. The molecular weight excluding hydrogens is 431 g/mol. The lowest BCUT2D eigenvalue weighted by Crippen LogP contribution is -2.50. The Morgan fingerprint density at radius 1 is 1.24 bits per heavy atom. The fourth-order valence-electron chi connectivity index (χ4n) is 3.76. The summed E-state index contributed by atoms with van der Waals surface area (Å²) in [5.41, 5.74) is 0. The number of ether oxygens (including phenoxy) is 1. The average molecular weight is 466 g/mol.